The first kappa shape index (κ1) is 19.4. The van der Waals surface area contributed by atoms with Crippen LogP contribution in [-0.4, -0.2) is 51.1 Å². The normalized spacial score (nSPS) is 13.8. The molecular weight excluding hydrogens is 420 g/mol. The predicted molar refractivity (Wildman–Crippen MR) is 122 cm³/mol. The number of carbonyl (C=O) groups excluding carboxylic acids is 1. The fourth-order valence-electron chi connectivity index (χ4n) is 4.41. The summed E-state index contributed by atoms with van der Waals surface area (Å²) in [7, 11) is 1.30. The maximum atomic E-state index is 12.6. The highest BCUT2D eigenvalue weighted by molar-refractivity contribution is 6.02. The van der Waals surface area contributed by atoms with Crippen LogP contribution < -0.4 is 4.90 Å². The van der Waals surface area contributed by atoms with Crippen LogP contribution >= 0.6 is 0 Å². The van der Waals surface area contributed by atoms with E-state index in [-0.39, 0.29) is 5.76 Å². The van der Waals surface area contributed by atoms with E-state index < -0.39 is 5.97 Å². The van der Waals surface area contributed by atoms with Crippen LogP contribution in [0.1, 0.15) is 23.4 Å². The summed E-state index contributed by atoms with van der Waals surface area (Å²) in [5.41, 5.74) is 2.25. The highest BCUT2D eigenvalue weighted by Crippen LogP contribution is 2.36. The van der Waals surface area contributed by atoms with Gasteiger partial charge >= 0.3 is 5.97 Å². The fraction of sp³-hybridized carbons (Fsp3) is 0.208. The van der Waals surface area contributed by atoms with E-state index in [1.807, 2.05) is 48.5 Å². The van der Waals surface area contributed by atoms with Gasteiger partial charge in [0.25, 0.3) is 5.76 Å². The van der Waals surface area contributed by atoms with E-state index in [9.17, 15) is 4.79 Å². The third-order valence-corrected chi connectivity index (χ3v) is 5.98. The lowest BCUT2D eigenvalue weighted by Crippen LogP contribution is -2.20. The van der Waals surface area contributed by atoms with Gasteiger partial charge in [0.1, 0.15) is 11.3 Å². The number of esters is 1. The molecule has 1 aliphatic heterocycles. The van der Waals surface area contributed by atoms with Gasteiger partial charge in [0.2, 0.25) is 0 Å². The number of benzene rings is 2. The molecule has 3 aromatic heterocycles. The van der Waals surface area contributed by atoms with Crippen LogP contribution in [0.4, 0.5) is 5.82 Å². The van der Waals surface area contributed by atoms with E-state index in [0.29, 0.717) is 22.7 Å². The molecule has 0 bridgehead atoms. The third-order valence-electron chi connectivity index (χ3n) is 5.98. The second-order valence-corrected chi connectivity index (χ2v) is 7.92. The van der Waals surface area contributed by atoms with E-state index >= 15 is 0 Å². The van der Waals surface area contributed by atoms with Crippen LogP contribution in [-0.2, 0) is 4.74 Å². The maximum Gasteiger partial charge on any atom is 0.377 e. The van der Waals surface area contributed by atoms with Gasteiger partial charge in [-0.2, -0.15) is 4.52 Å². The molecule has 4 heterocycles. The average Bonchev–Trinajstić information content (AvgIpc) is 3.63. The minimum atomic E-state index is -0.642. The van der Waals surface area contributed by atoms with E-state index in [0.717, 1.165) is 48.1 Å². The second-order valence-electron chi connectivity index (χ2n) is 7.92. The van der Waals surface area contributed by atoms with Crippen molar-refractivity contribution in [3.05, 3.63) is 60.4 Å². The lowest BCUT2D eigenvalue weighted by atomic mass is 10.1. The Bertz CT molecular complexity index is 1480. The van der Waals surface area contributed by atoms with Crippen LogP contribution in [0.3, 0.4) is 0 Å². The lowest BCUT2D eigenvalue weighted by Gasteiger charge is -2.18. The number of nitrogens with zero attached hydrogens (tertiary/aromatic N) is 6. The summed E-state index contributed by atoms with van der Waals surface area (Å²) < 4.78 is 12.1. The molecule has 1 saturated heterocycles. The van der Waals surface area contributed by atoms with Crippen molar-refractivity contribution in [1.29, 1.82) is 0 Å². The van der Waals surface area contributed by atoms with Gasteiger partial charge in [-0.05, 0) is 12.8 Å². The molecule has 0 spiro atoms. The number of fused-ring (bicyclic) bond motifs is 3. The van der Waals surface area contributed by atoms with Gasteiger partial charge in [-0.15, -0.1) is 15.3 Å². The number of rotatable bonds is 4. The van der Waals surface area contributed by atoms with Crippen LogP contribution in [0, 0.1) is 0 Å². The molecule has 2 aromatic carbocycles. The van der Waals surface area contributed by atoms with Gasteiger partial charge in [-0.1, -0.05) is 59.8 Å². The molecule has 1 fully saturated rings. The highest BCUT2D eigenvalue weighted by atomic mass is 16.5. The largest absolute Gasteiger partial charge is 0.463 e. The monoisotopic (exact) mass is 440 g/mol. The van der Waals surface area contributed by atoms with Crippen LogP contribution in [0.15, 0.2) is 59.1 Å². The quantitative estimate of drug-likeness (QED) is 0.387. The zero-order chi connectivity index (χ0) is 22.4. The predicted octanol–water partition coefficient (Wildman–Crippen LogP) is 3.99. The summed E-state index contributed by atoms with van der Waals surface area (Å²) in [6.45, 7) is 1.88. The topological polar surface area (TPSA) is 98.6 Å². The van der Waals surface area contributed by atoms with Crippen molar-refractivity contribution in [2.24, 2.45) is 0 Å². The summed E-state index contributed by atoms with van der Waals surface area (Å²) in [6, 6.07) is 17.5. The molecule has 0 N–H and O–H groups in total. The molecule has 164 valence electrons. The Balaban J connectivity index is 1.66. The van der Waals surface area contributed by atoms with E-state index in [1.54, 1.807) is 4.52 Å². The van der Waals surface area contributed by atoms with Crippen molar-refractivity contribution < 1.29 is 14.1 Å². The molecule has 0 atom stereocenters. The SMILES string of the molecule is COC(=O)c1onc(-c2ccccc2)c1-c1nnc2c3ccccc3c(N3CCCC3)nn12. The summed E-state index contributed by atoms with van der Waals surface area (Å²) >= 11 is 0. The Kier molecular flexibility index (Phi) is 4.53. The third kappa shape index (κ3) is 3.04. The zero-order valence-corrected chi connectivity index (χ0v) is 17.9. The maximum absolute atomic E-state index is 12.6. The van der Waals surface area contributed by atoms with Gasteiger partial charge < -0.3 is 14.2 Å². The van der Waals surface area contributed by atoms with E-state index in [1.165, 1.54) is 7.11 Å². The average molecular weight is 440 g/mol. The Morgan fingerprint density at radius 2 is 1.70 bits per heavy atom. The van der Waals surface area contributed by atoms with Crippen LogP contribution in [0.25, 0.3) is 39.1 Å². The Morgan fingerprint density at radius 1 is 0.970 bits per heavy atom. The van der Waals surface area contributed by atoms with Gasteiger partial charge in [-0.3, -0.25) is 0 Å². The minimum Gasteiger partial charge on any atom is -0.463 e. The van der Waals surface area contributed by atoms with Crippen LogP contribution in [0.2, 0.25) is 0 Å². The zero-order valence-electron chi connectivity index (χ0n) is 17.9. The van der Waals surface area contributed by atoms with Crippen molar-refractivity contribution in [2.45, 2.75) is 12.8 Å². The molecule has 1 aliphatic rings. The van der Waals surface area contributed by atoms with Crippen molar-refractivity contribution in [3.8, 4) is 22.6 Å². The molecule has 9 heteroatoms. The molecular formula is C24H20N6O3. The molecule has 6 rings (SSSR count). The van der Waals surface area contributed by atoms with Gasteiger partial charge in [0, 0.05) is 29.4 Å². The first-order valence-corrected chi connectivity index (χ1v) is 10.8. The number of ether oxygens (including phenoxy) is 1. The molecule has 0 amide bonds. The number of carbonyl (C=O) groups is 1. The number of anilines is 1. The Labute approximate surface area is 188 Å². The first-order chi connectivity index (χ1) is 16.3. The van der Waals surface area contributed by atoms with Crippen molar-refractivity contribution in [2.75, 3.05) is 25.1 Å². The van der Waals surface area contributed by atoms with E-state index in [2.05, 4.69) is 26.3 Å². The fourth-order valence-corrected chi connectivity index (χ4v) is 4.41. The molecule has 0 aliphatic carbocycles. The second kappa shape index (κ2) is 7.70. The van der Waals surface area contributed by atoms with Crippen molar-refractivity contribution >= 4 is 28.2 Å². The molecule has 0 unspecified atom stereocenters. The van der Waals surface area contributed by atoms with Crippen LogP contribution in [0.5, 0.6) is 0 Å². The highest BCUT2D eigenvalue weighted by Gasteiger charge is 2.30. The molecule has 9 nitrogen and oxygen atoms in total. The number of aromatic nitrogens is 5. The summed E-state index contributed by atoms with van der Waals surface area (Å²) in [6.07, 6.45) is 2.25. The smallest absolute Gasteiger partial charge is 0.377 e. The van der Waals surface area contributed by atoms with Crippen molar-refractivity contribution in [3.63, 3.8) is 0 Å². The molecule has 0 radical (unpaired) electrons. The van der Waals surface area contributed by atoms with Gasteiger partial charge in [0.05, 0.1) is 7.11 Å². The number of hydrogen-bond acceptors (Lipinski definition) is 8. The lowest BCUT2D eigenvalue weighted by molar-refractivity contribution is 0.0556. The molecule has 5 aromatic rings. The Morgan fingerprint density at radius 3 is 2.45 bits per heavy atom. The van der Waals surface area contributed by atoms with Gasteiger partial charge in [0.15, 0.2) is 17.3 Å². The summed E-state index contributed by atoms with van der Waals surface area (Å²) in [5, 5.41) is 20.0. The molecule has 33 heavy (non-hydrogen) atoms. The van der Waals surface area contributed by atoms with Gasteiger partial charge in [-0.25, -0.2) is 4.79 Å². The van der Waals surface area contributed by atoms with Crippen molar-refractivity contribution in [1.82, 2.24) is 25.0 Å². The first-order valence-electron chi connectivity index (χ1n) is 10.8. The minimum absolute atomic E-state index is 0.0386. The number of hydrogen-bond donors (Lipinski definition) is 0. The molecule has 0 saturated carbocycles. The summed E-state index contributed by atoms with van der Waals surface area (Å²) in [4.78, 5) is 14.8. The summed E-state index contributed by atoms with van der Waals surface area (Å²) in [5.74, 6) is 0.561. The standard InChI is InChI=1S/C24H20N6O3/c1-32-24(31)20-18(19(28-33-20)15-9-3-2-4-10-15)23-26-25-21-16-11-5-6-12-17(16)22(27-30(21)23)29-13-7-8-14-29/h2-6,9-12H,7-8,13-14H2,1H3. The van der Waals surface area contributed by atoms with E-state index in [4.69, 9.17) is 14.4 Å². The number of methoxy groups -OCH3 is 1. The Hall–Kier alpha value is -4.27.